The molecule has 0 spiro atoms. The number of ether oxygens (including phenoxy) is 1. The molecule has 0 aliphatic carbocycles. The van der Waals surface area contributed by atoms with Crippen molar-refractivity contribution in [2.45, 2.75) is 39.4 Å². The molecule has 0 radical (unpaired) electrons. The predicted molar refractivity (Wildman–Crippen MR) is 86.4 cm³/mol. The molecule has 0 bridgehead atoms. The summed E-state index contributed by atoms with van der Waals surface area (Å²) in [4.78, 5) is 0. The largest absolute Gasteiger partial charge is 0.390 e. The molecule has 0 heterocycles. The fraction of sp³-hybridized carbons (Fsp3) is 0.368. The first-order valence-corrected chi connectivity index (χ1v) is 7.53. The Labute approximate surface area is 127 Å². The van der Waals surface area contributed by atoms with E-state index >= 15 is 0 Å². The van der Waals surface area contributed by atoms with E-state index in [4.69, 9.17) is 4.74 Å². The third kappa shape index (κ3) is 3.93. The fourth-order valence-corrected chi connectivity index (χ4v) is 2.74. The van der Waals surface area contributed by atoms with Gasteiger partial charge in [0.1, 0.15) is 6.10 Å². The van der Waals surface area contributed by atoms with Gasteiger partial charge in [-0.3, -0.25) is 0 Å². The van der Waals surface area contributed by atoms with Crippen LogP contribution in [0.15, 0.2) is 48.5 Å². The minimum Gasteiger partial charge on any atom is -0.390 e. The second kappa shape index (κ2) is 7.39. The maximum Gasteiger partial charge on any atom is 0.109 e. The quantitative estimate of drug-likeness (QED) is 0.869. The van der Waals surface area contributed by atoms with E-state index in [2.05, 4.69) is 32.0 Å². The van der Waals surface area contributed by atoms with Crippen LogP contribution in [0.2, 0.25) is 0 Å². The van der Waals surface area contributed by atoms with Gasteiger partial charge in [0.05, 0.1) is 6.10 Å². The first-order valence-electron chi connectivity index (χ1n) is 7.53. The fourth-order valence-electron chi connectivity index (χ4n) is 2.74. The lowest BCUT2D eigenvalue weighted by Crippen LogP contribution is -2.24. The van der Waals surface area contributed by atoms with Gasteiger partial charge < -0.3 is 9.84 Å². The van der Waals surface area contributed by atoms with Gasteiger partial charge in [0.25, 0.3) is 0 Å². The summed E-state index contributed by atoms with van der Waals surface area (Å²) < 4.78 is 5.79. The standard InChI is InChI=1S/C19H24O2/c1-4-21-19(16-11-6-5-7-12-16)18(20)13-17-14(2)9-8-10-15(17)3/h5-12,18-20H,4,13H2,1-3H3. The Bertz CT molecular complexity index is 543. The summed E-state index contributed by atoms with van der Waals surface area (Å²) in [5.41, 5.74) is 4.68. The van der Waals surface area contributed by atoms with Gasteiger partial charge in [-0.25, -0.2) is 0 Å². The number of hydrogen-bond donors (Lipinski definition) is 1. The average molecular weight is 284 g/mol. The van der Waals surface area contributed by atoms with Gasteiger partial charge in [-0.15, -0.1) is 0 Å². The van der Waals surface area contributed by atoms with Crippen molar-refractivity contribution in [3.05, 3.63) is 70.8 Å². The first-order chi connectivity index (χ1) is 10.1. The lowest BCUT2D eigenvalue weighted by molar-refractivity contribution is -0.0340. The summed E-state index contributed by atoms with van der Waals surface area (Å²) in [5, 5.41) is 10.7. The van der Waals surface area contributed by atoms with Crippen LogP contribution in [0.3, 0.4) is 0 Å². The van der Waals surface area contributed by atoms with Gasteiger partial charge in [-0.05, 0) is 43.0 Å². The highest BCUT2D eigenvalue weighted by atomic mass is 16.5. The van der Waals surface area contributed by atoms with Gasteiger partial charge in [0.2, 0.25) is 0 Å². The second-order valence-electron chi connectivity index (χ2n) is 5.43. The van der Waals surface area contributed by atoms with Crippen LogP contribution in [0.1, 0.15) is 35.3 Å². The second-order valence-corrected chi connectivity index (χ2v) is 5.43. The highest BCUT2D eigenvalue weighted by Gasteiger charge is 2.22. The molecule has 0 aliphatic heterocycles. The Kier molecular flexibility index (Phi) is 5.54. The van der Waals surface area contributed by atoms with E-state index in [-0.39, 0.29) is 6.10 Å². The van der Waals surface area contributed by atoms with E-state index in [0.29, 0.717) is 13.0 Å². The molecule has 0 saturated heterocycles. The molecule has 2 aromatic rings. The van der Waals surface area contributed by atoms with Crippen LogP contribution in [-0.4, -0.2) is 17.8 Å². The summed E-state index contributed by atoms with van der Waals surface area (Å²) in [6.07, 6.45) is -0.222. The van der Waals surface area contributed by atoms with Crippen molar-refractivity contribution in [2.24, 2.45) is 0 Å². The Hall–Kier alpha value is -1.64. The molecule has 2 heteroatoms. The molecule has 2 atom stereocenters. The van der Waals surface area contributed by atoms with Gasteiger partial charge in [-0.2, -0.15) is 0 Å². The highest BCUT2D eigenvalue weighted by molar-refractivity contribution is 5.34. The molecule has 0 aromatic heterocycles. The van der Waals surface area contributed by atoms with Crippen LogP contribution in [0, 0.1) is 13.8 Å². The van der Waals surface area contributed by atoms with Crippen molar-refractivity contribution < 1.29 is 9.84 Å². The van der Waals surface area contributed by atoms with Crippen molar-refractivity contribution in [3.63, 3.8) is 0 Å². The first kappa shape index (κ1) is 15.7. The average Bonchev–Trinajstić information content (AvgIpc) is 2.49. The molecule has 2 rings (SSSR count). The Morgan fingerprint density at radius 2 is 1.57 bits per heavy atom. The monoisotopic (exact) mass is 284 g/mol. The van der Waals surface area contributed by atoms with Crippen molar-refractivity contribution in [3.8, 4) is 0 Å². The minimum absolute atomic E-state index is 0.282. The SMILES string of the molecule is CCOC(c1ccccc1)C(O)Cc1c(C)cccc1C. The van der Waals surface area contributed by atoms with Crippen LogP contribution in [0.5, 0.6) is 0 Å². The van der Waals surface area contributed by atoms with Crippen molar-refractivity contribution >= 4 is 0 Å². The maximum absolute atomic E-state index is 10.7. The predicted octanol–water partition coefficient (Wildman–Crippen LogP) is 3.98. The van der Waals surface area contributed by atoms with Crippen LogP contribution >= 0.6 is 0 Å². The number of benzene rings is 2. The lowest BCUT2D eigenvalue weighted by atomic mass is 9.93. The van der Waals surface area contributed by atoms with E-state index < -0.39 is 6.10 Å². The van der Waals surface area contributed by atoms with Gasteiger partial charge in [-0.1, -0.05) is 48.5 Å². The third-order valence-electron chi connectivity index (χ3n) is 3.88. The molecule has 2 aromatic carbocycles. The van der Waals surface area contributed by atoms with Crippen molar-refractivity contribution in [1.29, 1.82) is 0 Å². The highest BCUT2D eigenvalue weighted by Crippen LogP contribution is 2.25. The molecule has 2 nitrogen and oxygen atoms in total. The molecule has 112 valence electrons. The van der Waals surface area contributed by atoms with Gasteiger partial charge in [0.15, 0.2) is 0 Å². The molecular weight excluding hydrogens is 260 g/mol. The molecular formula is C19H24O2. The summed E-state index contributed by atoms with van der Waals surface area (Å²) in [7, 11) is 0. The van der Waals surface area contributed by atoms with E-state index in [1.54, 1.807) is 0 Å². The van der Waals surface area contributed by atoms with E-state index in [0.717, 1.165) is 5.56 Å². The molecule has 1 N–H and O–H groups in total. The van der Waals surface area contributed by atoms with Crippen LogP contribution < -0.4 is 0 Å². The number of aliphatic hydroxyl groups is 1. The van der Waals surface area contributed by atoms with Crippen molar-refractivity contribution in [2.75, 3.05) is 6.61 Å². The minimum atomic E-state index is -0.549. The van der Waals surface area contributed by atoms with Gasteiger partial charge in [0, 0.05) is 13.0 Å². The molecule has 0 fully saturated rings. The van der Waals surface area contributed by atoms with Crippen molar-refractivity contribution in [1.82, 2.24) is 0 Å². The zero-order valence-electron chi connectivity index (χ0n) is 13.0. The summed E-state index contributed by atoms with van der Waals surface area (Å²) in [6, 6.07) is 16.2. The maximum atomic E-state index is 10.7. The van der Waals surface area contributed by atoms with E-state index in [1.165, 1.54) is 16.7 Å². The number of aliphatic hydroxyl groups excluding tert-OH is 1. The normalized spacial score (nSPS) is 13.9. The van der Waals surface area contributed by atoms with Gasteiger partial charge >= 0.3 is 0 Å². The van der Waals surface area contributed by atoms with Crippen LogP contribution in [-0.2, 0) is 11.2 Å². The Morgan fingerprint density at radius 3 is 2.14 bits per heavy atom. The molecule has 21 heavy (non-hydrogen) atoms. The Balaban J connectivity index is 2.21. The topological polar surface area (TPSA) is 29.5 Å². The summed E-state index contributed by atoms with van der Waals surface area (Å²) in [6.45, 7) is 6.73. The zero-order chi connectivity index (χ0) is 15.2. The smallest absolute Gasteiger partial charge is 0.109 e. The van der Waals surface area contributed by atoms with E-state index in [9.17, 15) is 5.11 Å². The lowest BCUT2D eigenvalue weighted by Gasteiger charge is -2.24. The third-order valence-corrected chi connectivity index (χ3v) is 3.88. The molecule has 0 saturated carbocycles. The molecule has 0 aliphatic rings. The zero-order valence-corrected chi connectivity index (χ0v) is 13.0. The Morgan fingerprint density at radius 1 is 0.952 bits per heavy atom. The van der Waals surface area contributed by atoms with E-state index in [1.807, 2.05) is 37.3 Å². The molecule has 0 amide bonds. The van der Waals surface area contributed by atoms with Crippen LogP contribution in [0.25, 0.3) is 0 Å². The number of aryl methyl sites for hydroxylation is 2. The molecule has 2 unspecified atom stereocenters. The summed E-state index contributed by atoms with van der Waals surface area (Å²) in [5.74, 6) is 0. The van der Waals surface area contributed by atoms with Crippen LogP contribution in [0.4, 0.5) is 0 Å². The number of hydrogen-bond acceptors (Lipinski definition) is 2. The number of rotatable bonds is 6. The summed E-state index contributed by atoms with van der Waals surface area (Å²) >= 11 is 0.